The number of fused-ring (bicyclic) bond motifs is 1. The minimum absolute atomic E-state index is 0.231. The first-order valence-electron chi connectivity index (χ1n) is 9.44. The van der Waals surface area contributed by atoms with Gasteiger partial charge in [0.05, 0.1) is 13.2 Å². The molecule has 4 rings (SSSR count). The summed E-state index contributed by atoms with van der Waals surface area (Å²) in [6.07, 6.45) is 4.44. The van der Waals surface area contributed by atoms with Crippen LogP contribution in [0.25, 0.3) is 10.8 Å². The number of carbonyl (C=O) groups excluding carboxylic acids is 1. The van der Waals surface area contributed by atoms with E-state index in [9.17, 15) is 4.79 Å². The molecule has 1 N–H and O–H groups in total. The Kier molecular flexibility index (Phi) is 5.21. The second-order valence-electron chi connectivity index (χ2n) is 7.22. The Morgan fingerprint density at radius 3 is 2.89 bits per heavy atom. The number of hydrogen-bond acceptors (Lipinski definition) is 5. The van der Waals surface area contributed by atoms with Crippen molar-refractivity contribution in [2.24, 2.45) is 5.92 Å². The van der Waals surface area contributed by atoms with Crippen LogP contribution in [0.15, 0.2) is 42.7 Å². The Bertz CT molecular complexity index is 996. The van der Waals surface area contributed by atoms with Gasteiger partial charge in [0, 0.05) is 36.0 Å². The Morgan fingerprint density at radius 2 is 2.14 bits per heavy atom. The zero-order chi connectivity index (χ0) is 19.5. The summed E-state index contributed by atoms with van der Waals surface area (Å²) in [5, 5.41) is 4.87. The molecule has 1 aromatic carbocycles. The molecule has 1 saturated heterocycles. The van der Waals surface area contributed by atoms with Crippen molar-refractivity contribution in [1.82, 2.24) is 9.97 Å². The number of anilines is 1. The van der Waals surface area contributed by atoms with Crippen LogP contribution in [0.3, 0.4) is 0 Å². The van der Waals surface area contributed by atoms with Crippen LogP contribution in [0.1, 0.15) is 28.0 Å². The van der Waals surface area contributed by atoms with Crippen LogP contribution in [0, 0.1) is 19.8 Å². The maximum absolute atomic E-state index is 12.5. The third kappa shape index (κ3) is 3.97. The van der Waals surface area contributed by atoms with Gasteiger partial charge >= 0.3 is 0 Å². The predicted octanol–water partition coefficient (Wildman–Crippen LogP) is 3.91. The van der Waals surface area contributed by atoms with E-state index in [0.717, 1.165) is 47.2 Å². The van der Waals surface area contributed by atoms with Crippen LogP contribution < -0.4 is 10.1 Å². The number of amides is 1. The molecule has 3 aromatic rings. The van der Waals surface area contributed by atoms with Crippen molar-refractivity contribution in [1.29, 1.82) is 0 Å². The molecule has 0 saturated carbocycles. The Morgan fingerprint density at radius 1 is 1.25 bits per heavy atom. The van der Waals surface area contributed by atoms with Crippen LogP contribution in [-0.2, 0) is 4.74 Å². The van der Waals surface area contributed by atoms with E-state index in [2.05, 4.69) is 15.3 Å². The van der Waals surface area contributed by atoms with Gasteiger partial charge < -0.3 is 14.8 Å². The second kappa shape index (κ2) is 7.94. The van der Waals surface area contributed by atoms with E-state index in [1.165, 1.54) is 0 Å². The molecule has 144 valence electrons. The average Bonchev–Trinajstić information content (AvgIpc) is 3.20. The first-order chi connectivity index (χ1) is 13.6. The lowest BCUT2D eigenvalue weighted by molar-refractivity contribution is 0.102. The number of hydrogen-bond donors (Lipinski definition) is 1. The zero-order valence-electron chi connectivity index (χ0n) is 16.1. The number of aromatic nitrogens is 2. The van der Waals surface area contributed by atoms with Crippen LogP contribution in [0.4, 0.5) is 5.69 Å². The fourth-order valence-electron chi connectivity index (χ4n) is 3.38. The Balaban J connectivity index is 1.56. The molecule has 0 bridgehead atoms. The van der Waals surface area contributed by atoms with Gasteiger partial charge in [-0.3, -0.25) is 9.78 Å². The summed E-state index contributed by atoms with van der Waals surface area (Å²) in [6.45, 7) is 6.08. The van der Waals surface area contributed by atoms with Gasteiger partial charge in [-0.2, -0.15) is 0 Å². The number of ether oxygens (including phenoxy) is 2. The van der Waals surface area contributed by atoms with Gasteiger partial charge in [-0.15, -0.1) is 0 Å². The van der Waals surface area contributed by atoms with Crippen molar-refractivity contribution >= 4 is 22.4 Å². The van der Waals surface area contributed by atoms with Gasteiger partial charge in [0.1, 0.15) is 5.69 Å². The van der Waals surface area contributed by atoms with Crippen molar-refractivity contribution in [2.45, 2.75) is 20.3 Å². The van der Waals surface area contributed by atoms with Crippen molar-refractivity contribution in [3.05, 3.63) is 59.5 Å². The van der Waals surface area contributed by atoms with Gasteiger partial charge in [-0.05, 0) is 61.0 Å². The number of pyridine rings is 2. The summed E-state index contributed by atoms with van der Waals surface area (Å²) in [6, 6.07) is 9.39. The summed E-state index contributed by atoms with van der Waals surface area (Å²) in [7, 11) is 0. The highest BCUT2D eigenvalue weighted by Gasteiger charge is 2.18. The summed E-state index contributed by atoms with van der Waals surface area (Å²) in [4.78, 5) is 21.1. The second-order valence-corrected chi connectivity index (χ2v) is 7.22. The van der Waals surface area contributed by atoms with Crippen LogP contribution in [-0.4, -0.2) is 35.7 Å². The SMILES string of the molecule is Cc1ccc(C(=O)Nc2cc(C)c3c(OCC4CCOC4)nccc3c2)nc1. The quantitative estimate of drug-likeness (QED) is 0.730. The average molecular weight is 377 g/mol. The van der Waals surface area contributed by atoms with Gasteiger partial charge in [-0.1, -0.05) is 6.07 Å². The molecule has 1 aliphatic rings. The van der Waals surface area contributed by atoms with Gasteiger partial charge in [0.2, 0.25) is 5.88 Å². The number of aryl methyl sites for hydroxylation is 2. The van der Waals surface area contributed by atoms with Crippen LogP contribution in [0.5, 0.6) is 5.88 Å². The van der Waals surface area contributed by atoms with E-state index in [4.69, 9.17) is 9.47 Å². The topological polar surface area (TPSA) is 73.3 Å². The van der Waals surface area contributed by atoms with Crippen LogP contribution in [0.2, 0.25) is 0 Å². The normalized spacial score (nSPS) is 16.3. The zero-order valence-corrected chi connectivity index (χ0v) is 16.1. The Hall–Kier alpha value is -2.99. The molecule has 1 aliphatic heterocycles. The molecule has 1 atom stereocenters. The summed E-state index contributed by atoms with van der Waals surface area (Å²) >= 11 is 0. The lowest BCUT2D eigenvalue weighted by Gasteiger charge is -2.14. The number of carbonyl (C=O) groups is 1. The molecule has 6 nitrogen and oxygen atoms in total. The van der Waals surface area contributed by atoms with Crippen molar-refractivity contribution in [2.75, 3.05) is 25.1 Å². The van der Waals surface area contributed by atoms with E-state index in [1.807, 2.05) is 38.1 Å². The van der Waals surface area contributed by atoms with Crippen LogP contribution >= 0.6 is 0 Å². The van der Waals surface area contributed by atoms with Crippen molar-refractivity contribution in [3.63, 3.8) is 0 Å². The molecule has 1 amide bonds. The van der Waals surface area contributed by atoms with E-state index in [0.29, 0.717) is 24.1 Å². The molecule has 28 heavy (non-hydrogen) atoms. The molecular weight excluding hydrogens is 354 g/mol. The van der Waals surface area contributed by atoms with Gasteiger partial charge in [-0.25, -0.2) is 4.98 Å². The highest BCUT2D eigenvalue weighted by molar-refractivity contribution is 6.04. The molecule has 0 aliphatic carbocycles. The monoisotopic (exact) mass is 377 g/mol. The van der Waals surface area contributed by atoms with E-state index in [1.54, 1.807) is 18.5 Å². The molecular formula is C22H23N3O3. The maximum atomic E-state index is 12.5. The van der Waals surface area contributed by atoms with E-state index >= 15 is 0 Å². The smallest absolute Gasteiger partial charge is 0.274 e. The number of rotatable bonds is 5. The van der Waals surface area contributed by atoms with E-state index < -0.39 is 0 Å². The fourth-order valence-corrected chi connectivity index (χ4v) is 3.38. The number of nitrogens with one attached hydrogen (secondary N) is 1. The Labute approximate surface area is 163 Å². The third-order valence-corrected chi connectivity index (χ3v) is 4.91. The number of benzene rings is 1. The maximum Gasteiger partial charge on any atom is 0.274 e. The highest BCUT2D eigenvalue weighted by Crippen LogP contribution is 2.30. The molecule has 1 fully saturated rings. The van der Waals surface area contributed by atoms with Gasteiger partial charge in [0.25, 0.3) is 5.91 Å². The molecule has 0 spiro atoms. The lowest BCUT2D eigenvalue weighted by Crippen LogP contribution is -2.14. The standard InChI is InChI=1S/C22H23N3O3/c1-14-3-4-19(24-11-14)21(26)25-18-9-15(2)20-17(10-18)5-7-23-22(20)28-13-16-6-8-27-12-16/h3-5,7,9-11,16H,6,8,12-13H2,1-2H3,(H,25,26). The molecule has 3 heterocycles. The first-order valence-corrected chi connectivity index (χ1v) is 9.44. The molecule has 1 unspecified atom stereocenters. The summed E-state index contributed by atoms with van der Waals surface area (Å²) in [5.41, 5.74) is 3.12. The molecule has 2 aromatic heterocycles. The largest absolute Gasteiger partial charge is 0.477 e. The number of nitrogens with zero attached hydrogens (tertiary/aromatic N) is 2. The molecule has 0 radical (unpaired) electrons. The van der Waals surface area contributed by atoms with E-state index in [-0.39, 0.29) is 5.91 Å². The lowest BCUT2D eigenvalue weighted by atomic mass is 10.1. The third-order valence-electron chi connectivity index (χ3n) is 4.91. The highest BCUT2D eigenvalue weighted by atomic mass is 16.5. The minimum Gasteiger partial charge on any atom is -0.477 e. The first kappa shape index (κ1) is 18.4. The molecule has 6 heteroatoms. The fraction of sp³-hybridized carbons (Fsp3) is 0.318. The minimum atomic E-state index is -0.231. The summed E-state index contributed by atoms with van der Waals surface area (Å²) < 4.78 is 11.4. The predicted molar refractivity (Wildman–Crippen MR) is 108 cm³/mol. The summed E-state index contributed by atoms with van der Waals surface area (Å²) in [5.74, 6) is 0.809. The van der Waals surface area contributed by atoms with Crippen molar-refractivity contribution in [3.8, 4) is 5.88 Å². The van der Waals surface area contributed by atoms with Crippen molar-refractivity contribution < 1.29 is 14.3 Å². The van der Waals surface area contributed by atoms with Gasteiger partial charge in [0.15, 0.2) is 0 Å².